The molecule has 0 spiro atoms. The van der Waals surface area contributed by atoms with E-state index in [2.05, 4.69) is 0 Å². The Morgan fingerprint density at radius 1 is 1.07 bits per heavy atom. The Hall–Kier alpha value is 0.580. The van der Waals surface area contributed by atoms with Crippen LogP contribution in [-0.2, 0) is 4.74 Å². The Balaban J connectivity index is -0.000000200. The average molecular weight is 266 g/mol. The minimum atomic E-state index is -0.917. The molecule has 0 heterocycles. The standard InChI is InChI=1S/C6H14O3.2H3O2P/c1-5(8)4-9-6(2)3-7;2*1-3-2/h5-8H,3-4H2,1-2H3;2*1-3H. The molecule has 0 saturated heterocycles. The molecule has 2 unspecified atom stereocenters. The van der Waals surface area contributed by atoms with Crippen molar-refractivity contribution in [1.82, 2.24) is 0 Å². The molecule has 7 nitrogen and oxygen atoms in total. The first-order chi connectivity index (χ1) is 6.99. The molecule has 0 fully saturated rings. The molecular weight excluding hydrogens is 246 g/mol. The van der Waals surface area contributed by atoms with Crippen molar-refractivity contribution in [3.8, 4) is 0 Å². The van der Waals surface area contributed by atoms with Crippen LogP contribution in [0.15, 0.2) is 0 Å². The van der Waals surface area contributed by atoms with Gasteiger partial charge in [0.1, 0.15) is 18.1 Å². The Morgan fingerprint density at radius 3 is 1.60 bits per heavy atom. The highest BCUT2D eigenvalue weighted by Gasteiger charge is 2.00. The van der Waals surface area contributed by atoms with Crippen LogP contribution in [0.25, 0.3) is 0 Å². The van der Waals surface area contributed by atoms with Gasteiger partial charge in [-0.25, -0.2) is 0 Å². The van der Waals surface area contributed by atoms with Crippen LogP contribution < -0.4 is 0 Å². The molecule has 0 bridgehead atoms. The number of hydrogen-bond donors (Lipinski definition) is 6. The summed E-state index contributed by atoms with van der Waals surface area (Å²) in [6.07, 6.45) is -0.612. The Labute approximate surface area is 92.6 Å². The fourth-order valence-electron chi connectivity index (χ4n) is 0.356. The lowest BCUT2D eigenvalue weighted by atomic mass is 10.4. The van der Waals surface area contributed by atoms with E-state index in [1.54, 1.807) is 13.8 Å². The summed E-state index contributed by atoms with van der Waals surface area (Å²) < 4.78 is 4.95. The summed E-state index contributed by atoms with van der Waals surface area (Å²) >= 11 is 0. The maximum atomic E-state index is 8.69. The first-order valence-electron chi connectivity index (χ1n) is 3.96. The second-order valence-corrected chi connectivity index (χ2v) is 2.78. The van der Waals surface area contributed by atoms with E-state index < -0.39 is 24.2 Å². The van der Waals surface area contributed by atoms with Crippen molar-refractivity contribution >= 4 is 18.1 Å². The van der Waals surface area contributed by atoms with E-state index in [0.29, 0.717) is 6.61 Å². The van der Waals surface area contributed by atoms with Gasteiger partial charge in [0.05, 0.1) is 25.4 Å². The van der Waals surface area contributed by atoms with Crippen LogP contribution in [-0.4, -0.2) is 55.2 Å². The molecule has 0 aromatic carbocycles. The van der Waals surface area contributed by atoms with Crippen molar-refractivity contribution in [2.24, 2.45) is 0 Å². The fraction of sp³-hybridized carbons (Fsp3) is 1.00. The third-order valence-corrected chi connectivity index (χ3v) is 0.879. The van der Waals surface area contributed by atoms with E-state index in [1.807, 2.05) is 0 Å². The molecule has 0 saturated carbocycles. The number of ether oxygens (including phenoxy) is 1. The summed E-state index contributed by atoms with van der Waals surface area (Å²) in [5.41, 5.74) is 0. The molecule has 0 amide bonds. The van der Waals surface area contributed by atoms with Gasteiger partial charge in [-0.05, 0) is 13.8 Å². The molecule has 96 valence electrons. The molecule has 0 aliphatic carbocycles. The summed E-state index contributed by atoms with van der Waals surface area (Å²) in [4.78, 5) is 28.6. The van der Waals surface area contributed by atoms with Crippen molar-refractivity contribution in [3.63, 3.8) is 0 Å². The second kappa shape index (κ2) is 20.1. The number of hydrogen-bond acceptors (Lipinski definition) is 7. The zero-order valence-electron chi connectivity index (χ0n) is 8.66. The van der Waals surface area contributed by atoms with Crippen molar-refractivity contribution in [3.05, 3.63) is 0 Å². The van der Waals surface area contributed by atoms with Gasteiger partial charge in [-0.1, -0.05) is 0 Å². The van der Waals surface area contributed by atoms with Crippen LogP contribution in [0.4, 0.5) is 0 Å². The zero-order chi connectivity index (χ0) is 12.7. The lowest BCUT2D eigenvalue weighted by Gasteiger charge is -2.10. The molecule has 0 aliphatic heterocycles. The van der Waals surface area contributed by atoms with Crippen LogP contribution in [0.2, 0.25) is 0 Å². The molecule has 15 heavy (non-hydrogen) atoms. The molecule has 0 aromatic heterocycles. The second-order valence-electron chi connectivity index (χ2n) is 2.38. The molecule has 9 heteroatoms. The topological polar surface area (TPSA) is 131 Å². The molecular formula is C6H20O7P2. The normalized spacial score (nSPS) is 12.8. The average Bonchev–Trinajstić information content (AvgIpc) is 2.16. The highest BCUT2D eigenvalue weighted by atomic mass is 31.1. The third-order valence-electron chi connectivity index (χ3n) is 0.879. The van der Waals surface area contributed by atoms with Gasteiger partial charge in [-0.15, -0.1) is 0 Å². The van der Waals surface area contributed by atoms with Gasteiger partial charge in [-0.2, -0.15) is 0 Å². The third kappa shape index (κ3) is 40.2. The highest BCUT2D eigenvalue weighted by Crippen LogP contribution is 1.90. The predicted octanol–water partition coefficient (Wildman–Crippen LogP) is -1.28. The summed E-state index contributed by atoms with van der Waals surface area (Å²) in [5.74, 6) is 0. The van der Waals surface area contributed by atoms with Crippen LogP contribution in [0, 0.1) is 0 Å². The summed E-state index contributed by atoms with van der Waals surface area (Å²) in [5, 5.41) is 17.1. The summed E-state index contributed by atoms with van der Waals surface area (Å²) in [6.45, 7) is 3.70. The SMILES string of the molecule is CC(O)COC(C)CO.OPO.OPO. The maximum Gasteiger partial charge on any atom is 0.149 e. The smallest absolute Gasteiger partial charge is 0.149 e. The van der Waals surface area contributed by atoms with Crippen LogP contribution in [0.3, 0.4) is 0 Å². The quantitative estimate of drug-likeness (QED) is 0.349. The zero-order valence-corrected chi connectivity index (χ0v) is 10.7. The Morgan fingerprint density at radius 2 is 1.40 bits per heavy atom. The first-order valence-corrected chi connectivity index (χ1v) is 5.75. The fourth-order valence-corrected chi connectivity index (χ4v) is 0.356. The molecule has 0 rings (SSSR count). The molecule has 0 radical (unpaired) electrons. The van der Waals surface area contributed by atoms with E-state index >= 15 is 0 Å². The van der Waals surface area contributed by atoms with Gasteiger partial charge in [0.25, 0.3) is 0 Å². The molecule has 0 aromatic rings. The van der Waals surface area contributed by atoms with E-state index in [4.69, 9.17) is 34.5 Å². The van der Waals surface area contributed by atoms with Gasteiger partial charge in [0, 0.05) is 0 Å². The summed E-state index contributed by atoms with van der Waals surface area (Å²) in [6, 6.07) is 0. The van der Waals surface area contributed by atoms with Crippen LogP contribution >= 0.6 is 18.1 Å². The lowest BCUT2D eigenvalue weighted by Crippen LogP contribution is -2.19. The Kier molecular flexibility index (Phi) is 28.0. The van der Waals surface area contributed by atoms with Crippen LogP contribution in [0.1, 0.15) is 13.8 Å². The maximum absolute atomic E-state index is 8.69. The summed E-state index contributed by atoms with van der Waals surface area (Å²) in [7, 11) is -1.83. The highest BCUT2D eigenvalue weighted by molar-refractivity contribution is 7.23. The molecule has 2 atom stereocenters. The minimum absolute atomic E-state index is 0.00667. The number of aliphatic hydroxyl groups excluding tert-OH is 2. The van der Waals surface area contributed by atoms with Gasteiger partial charge < -0.3 is 34.5 Å². The van der Waals surface area contributed by atoms with Gasteiger partial charge in [0.2, 0.25) is 0 Å². The van der Waals surface area contributed by atoms with Crippen molar-refractivity contribution < 1.29 is 34.5 Å². The predicted molar refractivity (Wildman–Crippen MR) is 59.7 cm³/mol. The molecule has 0 aliphatic rings. The van der Waals surface area contributed by atoms with Crippen molar-refractivity contribution in [2.45, 2.75) is 26.1 Å². The first kappa shape index (κ1) is 20.9. The largest absolute Gasteiger partial charge is 0.394 e. The van der Waals surface area contributed by atoms with Gasteiger partial charge in [-0.3, -0.25) is 0 Å². The van der Waals surface area contributed by atoms with E-state index in [-0.39, 0.29) is 12.7 Å². The monoisotopic (exact) mass is 266 g/mol. The number of rotatable bonds is 4. The van der Waals surface area contributed by atoms with Gasteiger partial charge >= 0.3 is 0 Å². The van der Waals surface area contributed by atoms with Crippen LogP contribution in [0.5, 0.6) is 0 Å². The van der Waals surface area contributed by atoms with E-state index in [9.17, 15) is 0 Å². The minimum Gasteiger partial charge on any atom is -0.394 e. The molecule has 6 N–H and O–H groups in total. The lowest BCUT2D eigenvalue weighted by molar-refractivity contribution is -0.0177. The van der Waals surface area contributed by atoms with E-state index in [0.717, 1.165) is 0 Å². The van der Waals surface area contributed by atoms with Crippen molar-refractivity contribution in [1.29, 1.82) is 0 Å². The Bertz CT molecular complexity index is 93.5. The number of aliphatic hydroxyl groups is 2. The van der Waals surface area contributed by atoms with Crippen molar-refractivity contribution in [2.75, 3.05) is 13.2 Å². The van der Waals surface area contributed by atoms with E-state index in [1.165, 1.54) is 0 Å². The van der Waals surface area contributed by atoms with Gasteiger partial charge in [0.15, 0.2) is 0 Å².